The molecule has 2 aromatic carbocycles. The molecule has 5 nitrogen and oxygen atoms in total. The molecule has 0 saturated carbocycles. The Morgan fingerprint density at radius 3 is 2.56 bits per heavy atom. The quantitative estimate of drug-likeness (QED) is 0.797. The summed E-state index contributed by atoms with van der Waals surface area (Å²) in [5.41, 5.74) is 7.04. The zero-order valence-corrected chi connectivity index (χ0v) is 14.1. The fraction of sp³-hybridized carbons (Fsp3) is 0.200. The third-order valence-corrected chi connectivity index (χ3v) is 4.14. The van der Waals surface area contributed by atoms with Crippen molar-refractivity contribution >= 4 is 28.9 Å². The molecule has 0 unspecified atom stereocenters. The monoisotopic (exact) mass is 335 g/mol. The first-order valence-electron chi connectivity index (χ1n) is 8.34. The van der Waals surface area contributed by atoms with E-state index >= 15 is 0 Å². The number of likely N-dealkylation sites (N-methyl/N-ethyl adjacent to an activating group) is 1. The number of nitrogens with zero attached hydrogens (tertiary/aromatic N) is 2. The zero-order chi connectivity index (χ0) is 17.6. The largest absolute Gasteiger partial charge is 0.395 e. The Kier molecular flexibility index (Phi) is 5.26. The number of carbonyl (C=O) groups excluding carboxylic acids is 1. The van der Waals surface area contributed by atoms with Gasteiger partial charge in [0.25, 0.3) is 0 Å². The summed E-state index contributed by atoms with van der Waals surface area (Å²) in [6.45, 7) is 3.60. The highest BCUT2D eigenvalue weighted by molar-refractivity contribution is 6.52. The second kappa shape index (κ2) is 7.77. The first-order chi connectivity index (χ1) is 12.2. The molecule has 0 heterocycles. The molecule has 2 N–H and O–H groups in total. The van der Waals surface area contributed by atoms with Crippen molar-refractivity contribution in [2.45, 2.75) is 6.92 Å². The topological polar surface area (TPSA) is 64.9 Å². The van der Waals surface area contributed by atoms with Gasteiger partial charge in [-0.15, -0.1) is 0 Å². The van der Waals surface area contributed by atoms with Gasteiger partial charge in [-0.05, 0) is 42.8 Å². The molecule has 2 aromatic rings. The molecule has 0 spiro atoms. The molecule has 0 fully saturated rings. The lowest BCUT2D eigenvalue weighted by molar-refractivity contribution is -0.108. The highest BCUT2D eigenvalue weighted by Crippen LogP contribution is 2.20. The minimum absolute atomic E-state index is 0.108. The van der Waals surface area contributed by atoms with E-state index in [4.69, 9.17) is 5.11 Å². The normalized spacial score (nSPS) is 14.5. The smallest absolute Gasteiger partial charge is 0.206 e. The van der Waals surface area contributed by atoms with Crippen LogP contribution >= 0.6 is 0 Å². The van der Waals surface area contributed by atoms with Crippen molar-refractivity contribution in [3.05, 3.63) is 65.7 Å². The van der Waals surface area contributed by atoms with Gasteiger partial charge in [-0.25, -0.2) is 0 Å². The molecule has 0 aliphatic heterocycles. The standard InChI is InChI=1S/C20H21N3O2/c1-2-23(13-14-24)17-10-8-16(9-11-17)21-22-20-18-6-4-3-5-15(18)7-12-19(20)25/h3-12,21,24H,2,13-14H2,1H3/b22-20-. The predicted octanol–water partition coefficient (Wildman–Crippen LogP) is 2.92. The van der Waals surface area contributed by atoms with Crippen molar-refractivity contribution in [1.82, 2.24) is 0 Å². The highest BCUT2D eigenvalue weighted by atomic mass is 16.3. The molecule has 0 atom stereocenters. The van der Waals surface area contributed by atoms with E-state index in [9.17, 15) is 4.79 Å². The van der Waals surface area contributed by atoms with Gasteiger partial charge in [0.1, 0.15) is 5.71 Å². The van der Waals surface area contributed by atoms with Gasteiger partial charge in [-0.2, -0.15) is 5.10 Å². The maximum atomic E-state index is 12.1. The maximum Gasteiger partial charge on any atom is 0.206 e. The number of hydrogen-bond donors (Lipinski definition) is 2. The summed E-state index contributed by atoms with van der Waals surface area (Å²) >= 11 is 0. The van der Waals surface area contributed by atoms with Gasteiger partial charge >= 0.3 is 0 Å². The Balaban J connectivity index is 1.78. The predicted molar refractivity (Wildman–Crippen MR) is 102 cm³/mol. The molecule has 1 aliphatic rings. The number of allylic oxidation sites excluding steroid dienone is 1. The van der Waals surface area contributed by atoms with Crippen LogP contribution in [0.4, 0.5) is 11.4 Å². The molecule has 3 rings (SSSR count). The van der Waals surface area contributed by atoms with Crippen molar-refractivity contribution in [2.24, 2.45) is 5.10 Å². The van der Waals surface area contributed by atoms with Crippen LogP contribution < -0.4 is 10.3 Å². The van der Waals surface area contributed by atoms with Gasteiger partial charge in [-0.1, -0.05) is 30.3 Å². The Hall–Kier alpha value is -2.92. The zero-order valence-electron chi connectivity index (χ0n) is 14.1. The van der Waals surface area contributed by atoms with E-state index in [1.807, 2.05) is 61.5 Å². The Morgan fingerprint density at radius 2 is 1.84 bits per heavy atom. The minimum atomic E-state index is -0.108. The van der Waals surface area contributed by atoms with Crippen LogP contribution in [0.1, 0.15) is 18.1 Å². The van der Waals surface area contributed by atoms with Crippen LogP contribution in [0.3, 0.4) is 0 Å². The van der Waals surface area contributed by atoms with Crippen LogP contribution in [-0.2, 0) is 4.79 Å². The number of carbonyl (C=O) groups is 1. The van der Waals surface area contributed by atoms with E-state index in [-0.39, 0.29) is 12.4 Å². The van der Waals surface area contributed by atoms with Gasteiger partial charge in [0.15, 0.2) is 0 Å². The number of aliphatic hydroxyl groups is 1. The van der Waals surface area contributed by atoms with E-state index in [2.05, 4.69) is 15.4 Å². The maximum absolute atomic E-state index is 12.1. The number of rotatable bonds is 6. The van der Waals surface area contributed by atoms with Crippen molar-refractivity contribution < 1.29 is 9.90 Å². The summed E-state index contributed by atoms with van der Waals surface area (Å²) in [5.74, 6) is -0.108. The molecule has 0 radical (unpaired) electrons. The van der Waals surface area contributed by atoms with Crippen LogP contribution in [0.25, 0.3) is 6.08 Å². The molecule has 0 amide bonds. The summed E-state index contributed by atoms with van der Waals surface area (Å²) in [5, 5.41) is 13.4. The number of hydrazone groups is 1. The summed E-state index contributed by atoms with van der Waals surface area (Å²) in [4.78, 5) is 14.2. The van der Waals surface area contributed by atoms with E-state index in [0.29, 0.717) is 12.3 Å². The molecular formula is C20H21N3O2. The molecule has 5 heteroatoms. The number of aliphatic hydroxyl groups excluding tert-OH is 1. The van der Waals surface area contributed by atoms with Crippen LogP contribution in [0, 0.1) is 0 Å². The molecule has 0 bridgehead atoms. The Labute approximate surface area is 147 Å². The molecule has 25 heavy (non-hydrogen) atoms. The van der Waals surface area contributed by atoms with Gasteiger partial charge in [0, 0.05) is 24.3 Å². The molecule has 128 valence electrons. The number of hydrogen-bond acceptors (Lipinski definition) is 5. The Morgan fingerprint density at radius 1 is 1.08 bits per heavy atom. The lowest BCUT2D eigenvalue weighted by Gasteiger charge is -2.22. The van der Waals surface area contributed by atoms with Crippen LogP contribution in [0.5, 0.6) is 0 Å². The molecule has 0 aromatic heterocycles. The number of benzene rings is 2. The van der Waals surface area contributed by atoms with Crippen molar-refractivity contribution in [3.8, 4) is 0 Å². The van der Waals surface area contributed by atoms with Crippen molar-refractivity contribution in [3.63, 3.8) is 0 Å². The Bertz CT molecular complexity index is 810. The van der Waals surface area contributed by atoms with E-state index in [1.54, 1.807) is 6.08 Å². The van der Waals surface area contributed by atoms with E-state index < -0.39 is 0 Å². The number of ketones is 1. The summed E-state index contributed by atoms with van der Waals surface area (Å²) < 4.78 is 0. The highest BCUT2D eigenvalue weighted by Gasteiger charge is 2.18. The lowest BCUT2D eigenvalue weighted by atomic mass is 9.95. The average Bonchev–Trinajstić information content (AvgIpc) is 2.66. The minimum Gasteiger partial charge on any atom is -0.395 e. The van der Waals surface area contributed by atoms with E-state index in [1.165, 1.54) is 0 Å². The van der Waals surface area contributed by atoms with E-state index in [0.717, 1.165) is 29.0 Å². The van der Waals surface area contributed by atoms with Crippen LogP contribution in [-0.4, -0.2) is 36.3 Å². The van der Waals surface area contributed by atoms with Crippen molar-refractivity contribution in [1.29, 1.82) is 0 Å². The molecule has 0 saturated heterocycles. The number of anilines is 2. The number of fused-ring (bicyclic) bond motifs is 1. The SMILES string of the molecule is CCN(CCO)c1ccc(N/N=C2\C(=O)C=Cc3ccccc32)cc1. The fourth-order valence-electron chi connectivity index (χ4n) is 2.81. The summed E-state index contributed by atoms with van der Waals surface area (Å²) in [6.07, 6.45) is 3.35. The fourth-order valence-corrected chi connectivity index (χ4v) is 2.81. The second-order valence-electron chi connectivity index (χ2n) is 5.71. The van der Waals surface area contributed by atoms with Gasteiger partial charge < -0.3 is 10.0 Å². The van der Waals surface area contributed by atoms with Gasteiger partial charge in [-0.3, -0.25) is 10.2 Å². The van der Waals surface area contributed by atoms with Gasteiger partial charge in [0.05, 0.1) is 12.3 Å². The first-order valence-corrected chi connectivity index (χ1v) is 8.34. The summed E-state index contributed by atoms with van der Waals surface area (Å²) in [7, 11) is 0. The molecule has 1 aliphatic carbocycles. The third kappa shape index (κ3) is 3.78. The molecular weight excluding hydrogens is 314 g/mol. The second-order valence-corrected chi connectivity index (χ2v) is 5.71. The number of nitrogens with one attached hydrogen (secondary N) is 1. The van der Waals surface area contributed by atoms with Crippen molar-refractivity contribution in [2.75, 3.05) is 30.0 Å². The summed E-state index contributed by atoms with van der Waals surface area (Å²) in [6, 6.07) is 15.5. The van der Waals surface area contributed by atoms with Crippen LogP contribution in [0.2, 0.25) is 0 Å². The first kappa shape index (κ1) is 16.9. The van der Waals surface area contributed by atoms with Gasteiger partial charge in [0.2, 0.25) is 5.78 Å². The lowest BCUT2D eigenvalue weighted by Crippen LogP contribution is -2.25. The average molecular weight is 335 g/mol. The van der Waals surface area contributed by atoms with Crippen LogP contribution in [0.15, 0.2) is 59.7 Å². The third-order valence-electron chi connectivity index (χ3n) is 4.14.